The molecule has 1 aromatic heterocycles. The van der Waals surface area contributed by atoms with Crippen LogP contribution in [-0.2, 0) is 6.42 Å². The number of aryl methyl sites for hydroxylation is 1. The molecule has 1 aliphatic heterocycles. The van der Waals surface area contributed by atoms with Crippen molar-refractivity contribution in [3.63, 3.8) is 0 Å². The fourth-order valence-corrected chi connectivity index (χ4v) is 3.18. The lowest BCUT2D eigenvalue weighted by molar-refractivity contribution is 0.565. The van der Waals surface area contributed by atoms with Gasteiger partial charge in [0.05, 0.1) is 5.52 Å². The van der Waals surface area contributed by atoms with Crippen molar-refractivity contribution in [3.8, 4) is 0 Å². The molecule has 90 valence electrons. The summed E-state index contributed by atoms with van der Waals surface area (Å²) in [6.07, 6.45) is 2.31. The molecule has 2 heterocycles. The number of rotatable bonds is 2. The molecule has 17 heavy (non-hydrogen) atoms. The van der Waals surface area contributed by atoms with Crippen molar-refractivity contribution in [3.05, 3.63) is 28.0 Å². The van der Waals surface area contributed by atoms with Gasteiger partial charge in [-0.3, -0.25) is 0 Å². The van der Waals surface area contributed by atoms with Gasteiger partial charge in [-0.05, 0) is 66.0 Å². The first-order chi connectivity index (χ1) is 8.22. The van der Waals surface area contributed by atoms with Gasteiger partial charge in [-0.15, -0.1) is 0 Å². The fourth-order valence-electron chi connectivity index (χ4n) is 2.52. The summed E-state index contributed by atoms with van der Waals surface area (Å²) in [5, 5.41) is 3.40. The van der Waals surface area contributed by atoms with Crippen LogP contribution in [0.2, 0.25) is 0 Å². The normalized spacial score (nSPS) is 20.2. The van der Waals surface area contributed by atoms with Crippen molar-refractivity contribution < 1.29 is 0 Å². The molecule has 0 bridgehead atoms. The van der Waals surface area contributed by atoms with Crippen molar-refractivity contribution in [1.82, 2.24) is 15.3 Å². The number of hydrogen-bond acceptors (Lipinski definition) is 2. The average Bonchev–Trinajstić information content (AvgIpc) is 2.87. The highest BCUT2D eigenvalue weighted by molar-refractivity contribution is 9.10. The van der Waals surface area contributed by atoms with Gasteiger partial charge < -0.3 is 10.3 Å². The standard InChI is InChI=1S/C13H16BrN3/c1-8-4-10(14)13-11(5-8)16-12(17-13)6-9-2-3-15-7-9/h4-5,9,15H,2-3,6-7H2,1H3,(H,16,17). The number of aromatic amines is 1. The molecule has 1 aromatic carbocycles. The molecule has 1 unspecified atom stereocenters. The van der Waals surface area contributed by atoms with E-state index in [1.165, 1.54) is 12.0 Å². The van der Waals surface area contributed by atoms with Crippen molar-refractivity contribution in [2.45, 2.75) is 19.8 Å². The number of aromatic nitrogens is 2. The van der Waals surface area contributed by atoms with E-state index < -0.39 is 0 Å². The minimum Gasteiger partial charge on any atom is -0.342 e. The van der Waals surface area contributed by atoms with Gasteiger partial charge in [0.25, 0.3) is 0 Å². The van der Waals surface area contributed by atoms with E-state index in [1.54, 1.807) is 0 Å². The van der Waals surface area contributed by atoms with Gasteiger partial charge in [0.15, 0.2) is 0 Å². The summed E-state index contributed by atoms with van der Waals surface area (Å²) in [5.41, 5.74) is 3.44. The Morgan fingerprint density at radius 2 is 2.35 bits per heavy atom. The highest BCUT2D eigenvalue weighted by Crippen LogP contribution is 2.25. The van der Waals surface area contributed by atoms with E-state index in [9.17, 15) is 0 Å². The first-order valence-corrected chi connectivity index (χ1v) is 6.87. The number of imidazole rings is 1. The zero-order valence-corrected chi connectivity index (χ0v) is 11.5. The monoisotopic (exact) mass is 293 g/mol. The topological polar surface area (TPSA) is 40.7 Å². The summed E-state index contributed by atoms with van der Waals surface area (Å²) in [6.45, 7) is 4.37. The maximum atomic E-state index is 4.69. The van der Waals surface area contributed by atoms with E-state index in [4.69, 9.17) is 0 Å². The average molecular weight is 294 g/mol. The Balaban J connectivity index is 1.93. The van der Waals surface area contributed by atoms with Gasteiger partial charge in [0, 0.05) is 10.9 Å². The third-order valence-corrected chi connectivity index (χ3v) is 3.98. The summed E-state index contributed by atoms with van der Waals surface area (Å²) >= 11 is 3.58. The molecule has 1 saturated heterocycles. The Hall–Kier alpha value is -0.870. The lowest BCUT2D eigenvalue weighted by Gasteiger charge is -2.03. The van der Waals surface area contributed by atoms with Crippen molar-refractivity contribution in [1.29, 1.82) is 0 Å². The van der Waals surface area contributed by atoms with Crippen molar-refractivity contribution >= 4 is 27.0 Å². The highest BCUT2D eigenvalue weighted by atomic mass is 79.9. The summed E-state index contributed by atoms with van der Waals surface area (Å²) < 4.78 is 1.08. The summed E-state index contributed by atoms with van der Waals surface area (Å²) in [4.78, 5) is 8.12. The molecule has 1 fully saturated rings. The number of halogens is 1. The second-order valence-corrected chi connectivity index (χ2v) is 5.74. The number of nitrogens with one attached hydrogen (secondary N) is 2. The van der Waals surface area contributed by atoms with E-state index in [-0.39, 0.29) is 0 Å². The van der Waals surface area contributed by atoms with Crippen LogP contribution in [0.25, 0.3) is 11.0 Å². The lowest BCUT2D eigenvalue weighted by Crippen LogP contribution is -2.11. The Kier molecular flexibility index (Phi) is 2.92. The van der Waals surface area contributed by atoms with Crippen LogP contribution in [0.5, 0.6) is 0 Å². The van der Waals surface area contributed by atoms with Crippen LogP contribution < -0.4 is 5.32 Å². The molecule has 1 aliphatic rings. The van der Waals surface area contributed by atoms with E-state index in [0.29, 0.717) is 0 Å². The quantitative estimate of drug-likeness (QED) is 0.894. The predicted octanol–water partition coefficient (Wildman–Crippen LogP) is 2.79. The molecule has 2 N–H and O–H groups in total. The van der Waals surface area contributed by atoms with E-state index in [2.05, 4.69) is 50.3 Å². The van der Waals surface area contributed by atoms with Gasteiger partial charge in [0.1, 0.15) is 11.3 Å². The summed E-state index contributed by atoms with van der Waals surface area (Å²) in [6, 6.07) is 4.27. The zero-order valence-electron chi connectivity index (χ0n) is 9.89. The largest absolute Gasteiger partial charge is 0.342 e. The van der Waals surface area contributed by atoms with Crippen LogP contribution in [0, 0.1) is 12.8 Å². The summed E-state index contributed by atoms with van der Waals surface area (Å²) in [7, 11) is 0. The maximum Gasteiger partial charge on any atom is 0.107 e. The molecule has 0 saturated carbocycles. The van der Waals surface area contributed by atoms with Gasteiger partial charge in [0.2, 0.25) is 0 Å². The Morgan fingerprint density at radius 3 is 3.12 bits per heavy atom. The third kappa shape index (κ3) is 2.24. The van der Waals surface area contributed by atoms with Crippen LogP contribution in [0.3, 0.4) is 0 Å². The Morgan fingerprint density at radius 1 is 1.47 bits per heavy atom. The molecule has 4 heteroatoms. The summed E-state index contributed by atoms with van der Waals surface area (Å²) in [5.74, 6) is 1.84. The van der Waals surface area contributed by atoms with E-state index in [0.717, 1.165) is 46.8 Å². The zero-order chi connectivity index (χ0) is 11.8. The number of H-pyrrole nitrogens is 1. The smallest absolute Gasteiger partial charge is 0.107 e. The number of fused-ring (bicyclic) bond motifs is 1. The van der Waals surface area contributed by atoms with Crippen LogP contribution >= 0.6 is 15.9 Å². The van der Waals surface area contributed by atoms with Crippen molar-refractivity contribution in [2.75, 3.05) is 13.1 Å². The van der Waals surface area contributed by atoms with Crippen LogP contribution in [0.4, 0.5) is 0 Å². The van der Waals surface area contributed by atoms with Crippen molar-refractivity contribution in [2.24, 2.45) is 5.92 Å². The highest BCUT2D eigenvalue weighted by Gasteiger charge is 2.17. The molecule has 0 radical (unpaired) electrons. The van der Waals surface area contributed by atoms with Gasteiger partial charge in [-0.1, -0.05) is 0 Å². The Labute approximate surface area is 109 Å². The predicted molar refractivity (Wildman–Crippen MR) is 73.2 cm³/mol. The Bertz CT molecular complexity index is 541. The molecule has 3 nitrogen and oxygen atoms in total. The van der Waals surface area contributed by atoms with Crippen LogP contribution in [0.15, 0.2) is 16.6 Å². The molecular weight excluding hydrogens is 278 g/mol. The number of nitrogens with zero attached hydrogens (tertiary/aromatic N) is 1. The number of hydrogen-bond donors (Lipinski definition) is 2. The first-order valence-electron chi connectivity index (χ1n) is 6.08. The second-order valence-electron chi connectivity index (χ2n) is 4.89. The molecule has 2 aromatic rings. The minimum atomic E-state index is 0.732. The van der Waals surface area contributed by atoms with E-state index in [1.807, 2.05) is 0 Å². The lowest BCUT2D eigenvalue weighted by atomic mass is 10.1. The van der Waals surface area contributed by atoms with Gasteiger partial charge in [-0.2, -0.15) is 0 Å². The second kappa shape index (κ2) is 4.42. The van der Waals surface area contributed by atoms with Crippen LogP contribution in [0.1, 0.15) is 17.8 Å². The first kappa shape index (κ1) is 11.2. The third-order valence-electron chi connectivity index (χ3n) is 3.38. The molecule has 0 spiro atoms. The van der Waals surface area contributed by atoms with Gasteiger partial charge in [-0.25, -0.2) is 4.98 Å². The maximum absolute atomic E-state index is 4.69. The van der Waals surface area contributed by atoms with Crippen LogP contribution in [-0.4, -0.2) is 23.1 Å². The van der Waals surface area contributed by atoms with E-state index >= 15 is 0 Å². The fraction of sp³-hybridized carbons (Fsp3) is 0.462. The minimum absolute atomic E-state index is 0.732. The number of benzene rings is 1. The molecular formula is C13H16BrN3. The molecule has 0 amide bonds. The molecule has 3 rings (SSSR count). The SMILES string of the molecule is Cc1cc(Br)c2nc(CC3CCNC3)[nH]c2c1. The molecule has 0 aliphatic carbocycles. The molecule has 1 atom stereocenters. The van der Waals surface area contributed by atoms with Gasteiger partial charge >= 0.3 is 0 Å².